The molecule has 1 aliphatic carbocycles. The van der Waals surface area contributed by atoms with Crippen LogP contribution >= 0.6 is 0 Å². The highest BCUT2D eigenvalue weighted by molar-refractivity contribution is 5.67. The molecular formula is C9H17NO2. The van der Waals surface area contributed by atoms with Crippen molar-refractivity contribution < 1.29 is 9.90 Å². The van der Waals surface area contributed by atoms with Crippen LogP contribution in [-0.4, -0.2) is 23.2 Å². The summed E-state index contributed by atoms with van der Waals surface area (Å²) < 4.78 is 0. The fourth-order valence-electron chi connectivity index (χ4n) is 1.23. The normalized spacial score (nSPS) is 19.6. The Bertz CT molecular complexity index is 164. The predicted octanol–water partition coefficient (Wildman–Crippen LogP) is 1.24. The molecule has 0 aliphatic heterocycles. The number of aliphatic carboxylic acids is 1. The summed E-state index contributed by atoms with van der Waals surface area (Å²) >= 11 is 0. The maximum Gasteiger partial charge on any atom is 0.304 e. The van der Waals surface area contributed by atoms with Crippen LogP contribution in [0.2, 0.25) is 0 Å². The SMILES string of the molecule is CC(C)C(CC(=O)O)NC1CC1. The van der Waals surface area contributed by atoms with Gasteiger partial charge in [0.1, 0.15) is 0 Å². The van der Waals surface area contributed by atoms with Crippen molar-refractivity contribution in [2.45, 2.75) is 45.2 Å². The van der Waals surface area contributed by atoms with Gasteiger partial charge in [0.15, 0.2) is 0 Å². The van der Waals surface area contributed by atoms with Crippen LogP contribution in [0.4, 0.5) is 0 Å². The highest BCUT2D eigenvalue weighted by Gasteiger charge is 2.27. The third kappa shape index (κ3) is 3.22. The Morgan fingerprint density at radius 3 is 2.50 bits per heavy atom. The quantitative estimate of drug-likeness (QED) is 0.654. The van der Waals surface area contributed by atoms with Gasteiger partial charge in [-0.05, 0) is 18.8 Å². The lowest BCUT2D eigenvalue weighted by molar-refractivity contribution is -0.137. The van der Waals surface area contributed by atoms with E-state index in [1.54, 1.807) is 0 Å². The molecule has 0 bridgehead atoms. The third-order valence-electron chi connectivity index (χ3n) is 2.23. The maximum absolute atomic E-state index is 10.5. The maximum atomic E-state index is 10.5. The van der Waals surface area contributed by atoms with Crippen LogP contribution < -0.4 is 5.32 Å². The van der Waals surface area contributed by atoms with Gasteiger partial charge in [-0.2, -0.15) is 0 Å². The summed E-state index contributed by atoms with van der Waals surface area (Å²) in [6.45, 7) is 4.12. The second-order valence-electron chi connectivity index (χ2n) is 3.89. The minimum atomic E-state index is -0.707. The van der Waals surface area contributed by atoms with E-state index in [9.17, 15) is 4.79 Å². The fourth-order valence-corrected chi connectivity index (χ4v) is 1.23. The van der Waals surface area contributed by atoms with Gasteiger partial charge in [-0.1, -0.05) is 13.8 Å². The Kier molecular flexibility index (Phi) is 3.09. The van der Waals surface area contributed by atoms with Gasteiger partial charge in [0.2, 0.25) is 0 Å². The standard InChI is InChI=1S/C9H17NO2/c1-6(2)8(5-9(11)12)10-7-3-4-7/h6-8,10H,3-5H2,1-2H3,(H,11,12). The molecule has 1 aliphatic rings. The molecule has 1 unspecified atom stereocenters. The van der Waals surface area contributed by atoms with Crippen LogP contribution in [-0.2, 0) is 4.79 Å². The molecule has 0 aromatic heterocycles. The molecule has 0 spiro atoms. The first-order valence-electron chi connectivity index (χ1n) is 4.57. The van der Waals surface area contributed by atoms with Crippen LogP contribution in [0.1, 0.15) is 33.1 Å². The number of hydrogen-bond donors (Lipinski definition) is 2. The molecule has 0 amide bonds. The molecule has 12 heavy (non-hydrogen) atoms. The summed E-state index contributed by atoms with van der Waals surface area (Å²) in [5.41, 5.74) is 0. The molecule has 3 heteroatoms. The van der Waals surface area contributed by atoms with Crippen LogP contribution in [0.15, 0.2) is 0 Å². The highest BCUT2D eigenvalue weighted by atomic mass is 16.4. The molecule has 70 valence electrons. The van der Waals surface area contributed by atoms with Crippen molar-refractivity contribution in [3.05, 3.63) is 0 Å². The van der Waals surface area contributed by atoms with Gasteiger partial charge in [-0.25, -0.2) is 0 Å². The minimum Gasteiger partial charge on any atom is -0.481 e. The molecule has 1 fully saturated rings. The molecule has 0 radical (unpaired) electrons. The molecule has 0 aromatic rings. The molecule has 2 N–H and O–H groups in total. The van der Waals surface area contributed by atoms with E-state index in [4.69, 9.17) is 5.11 Å². The first-order chi connectivity index (χ1) is 5.59. The van der Waals surface area contributed by atoms with Gasteiger partial charge < -0.3 is 10.4 Å². The van der Waals surface area contributed by atoms with Gasteiger partial charge in [0.05, 0.1) is 6.42 Å². The zero-order chi connectivity index (χ0) is 9.14. The van der Waals surface area contributed by atoms with Crippen molar-refractivity contribution in [2.24, 2.45) is 5.92 Å². The van der Waals surface area contributed by atoms with Crippen LogP contribution in [0, 0.1) is 5.92 Å². The number of carboxylic acid groups (broad SMARTS) is 1. The molecule has 1 saturated carbocycles. The number of carbonyl (C=O) groups is 1. The number of carboxylic acids is 1. The topological polar surface area (TPSA) is 49.3 Å². The molecule has 1 atom stereocenters. The van der Waals surface area contributed by atoms with Crippen molar-refractivity contribution in [2.75, 3.05) is 0 Å². The largest absolute Gasteiger partial charge is 0.481 e. The van der Waals surface area contributed by atoms with E-state index in [-0.39, 0.29) is 12.5 Å². The Hall–Kier alpha value is -0.570. The zero-order valence-corrected chi connectivity index (χ0v) is 7.71. The highest BCUT2D eigenvalue weighted by Crippen LogP contribution is 2.21. The Morgan fingerprint density at radius 1 is 1.58 bits per heavy atom. The lowest BCUT2D eigenvalue weighted by atomic mass is 10.0. The first kappa shape index (κ1) is 9.52. The third-order valence-corrected chi connectivity index (χ3v) is 2.23. The van der Waals surface area contributed by atoms with E-state index in [1.165, 1.54) is 12.8 Å². The monoisotopic (exact) mass is 171 g/mol. The van der Waals surface area contributed by atoms with Crippen LogP contribution in [0.3, 0.4) is 0 Å². The molecule has 3 nitrogen and oxygen atoms in total. The lowest BCUT2D eigenvalue weighted by Gasteiger charge is -2.20. The summed E-state index contributed by atoms with van der Waals surface area (Å²) in [6, 6.07) is 0.742. The van der Waals surface area contributed by atoms with Crippen molar-refractivity contribution in [1.82, 2.24) is 5.32 Å². The van der Waals surface area contributed by atoms with Crippen molar-refractivity contribution in [3.63, 3.8) is 0 Å². The lowest BCUT2D eigenvalue weighted by Crippen LogP contribution is -2.37. The Morgan fingerprint density at radius 2 is 2.17 bits per heavy atom. The second-order valence-corrected chi connectivity index (χ2v) is 3.89. The van der Waals surface area contributed by atoms with E-state index in [0.29, 0.717) is 12.0 Å². The Balaban J connectivity index is 2.30. The second kappa shape index (κ2) is 3.90. The molecular weight excluding hydrogens is 154 g/mol. The number of hydrogen-bond acceptors (Lipinski definition) is 2. The fraction of sp³-hybridized carbons (Fsp3) is 0.889. The molecule has 0 aromatic carbocycles. The summed E-state index contributed by atoms with van der Waals surface area (Å²) in [6.07, 6.45) is 2.67. The van der Waals surface area contributed by atoms with Gasteiger partial charge in [0.25, 0.3) is 0 Å². The van der Waals surface area contributed by atoms with E-state index >= 15 is 0 Å². The number of rotatable bonds is 5. The molecule has 0 heterocycles. The average Bonchev–Trinajstić information content (AvgIpc) is 2.68. The van der Waals surface area contributed by atoms with E-state index in [1.807, 2.05) is 0 Å². The first-order valence-corrected chi connectivity index (χ1v) is 4.57. The smallest absolute Gasteiger partial charge is 0.304 e. The van der Waals surface area contributed by atoms with E-state index < -0.39 is 5.97 Å². The summed E-state index contributed by atoms with van der Waals surface area (Å²) in [5.74, 6) is -0.302. The molecule has 1 rings (SSSR count). The van der Waals surface area contributed by atoms with Crippen molar-refractivity contribution in [1.29, 1.82) is 0 Å². The van der Waals surface area contributed by atoms with Crippen molar-refractivity contribution >= 4 is 5.97 Å². The predicted molar refractivity (Wildman–Crippen MR) is 47.0 cm³/mol. The number of nitrogens with one attached hydrogen (secondary N) is 1. The average molecular weight is 171 g/mol. The van der Waals surface area contributed by atoms with Gasteiger partial charge in [0, 0.05) is 12.1 Å². The minimum absolute atomic E-state index is 0.148. The summed E-state index contributed by atoms with van der Waals surface area (Å²) in [7, 11) is 0. The van der Waals surface area contributed by atoms with Gasteiger partial charge >= 0.3 is 5.97 Å². The van der Waals surface area contributed by atoms with E-state index in [0.717, 1.165) is 0 Å². The van der Waals surface area contributed by atoms with Crippen LogP contribution in [0.5, 0.6) is 0 Å². The van der Waals surface area contributed by atoms with Gasteiger partial charge in [-0.3, -0.25) is 4.79 Å². The summed E-state index contributed by atoms with van der Waals surface area (Å²) in [5, 5.41) is 12.0. The molecule has 0 saturated heterocycles. The Labute approximate surface area is 73.2 Å². The summed E-state index contributed by atoms with van der Waals surface area (Å²) in [4.78, 5) is 10.5. The van der Waals surface area contributed by atoms with Gasteiger partial charge in [-0.15, -0.1) is 0 Å². The van der Waals surface area contributed by atoms with Crippen LogP contribution in [0.25, 0.3) is 0 Å². The van der Waals surface area contributed by atoms with E-state index in [2.05, 4.69) is 19.2 Å². The van der Waals surface area contributed by atoms with Crippen molar-refractivity contribution in [3.8, 4) is 0 Å². The zero-order valence-electron chi connectivity index (χ0n) is 7.71.